The minimum atomic E-state index is 0.745. The van der Waals surface area contributed by atoms with Crippen LogP contribution in [-0.2, 0) is 0 Å². The van der Waals surface area contributed by atoms with E-state index >= 15 is 0 Å². The highest BCUT2D eigenvalue weighted by Crippen LogP contribution is 2.48. The maximum absolute atomic E-state index is 6.07. The Kier molecular flexibility index (Phi) is 7.78. The monoisotopic (exact) mass is 602 g/mol. The van der Waals surface area contributed by atoms with E-state index in [0.717, 1.165) is 78.3 Å². The van der Waals surface area contributed by atoms with Gasteiger partial charge in [-0.05, 0) is 68.1 Å². The van der Waals surface area contributed by atoms with E-state index in [9.17, 15) is 0 Å². The van der Waals surface area contributed by atoms with Crippen molar-refractivity contribution < 1.29 is 18.9 Å². The molecule has 0 aliphatic carbocycles. The summed E-state index contributed by atoms with van der Waals surface area (Å²) >= 11 is 0. The molecule has 7 aromatic carbocycles. The molecule has 0 heterocycles. The van der Waals surface area contributed by atoms with Crippen molar-refractivity contribution in [3.8, 4) is 67.5 Å². The van der Waals surface area contributed by atoms with Crippen molar-refractivity contribution in [3.63, 3.8) is 0 Å². The summed E-state index contributed by atoms with van der Waals surface area (Å²) in [5.74, 6) is 3.01. The summed E-state index contributed by atoms with van der Waals surface area (Å²) in [6.45, 7) is 0. The van der Waals surface area contributed by atoms with Gasteiger partial charge in [-0.25, -0.2) is 0 Å². The van der Waals surface area contributed by atoms with Crippen LogP contribution in [0, 0.1) is 0 Å². The quantitative estimate of drug-likeness (QED) is 0.173. The smallest absolute Gasteiger partial charge is 0.127 e. The molecule has 0 saturated carbocycles. The van der Waals surface area contributed by atoms with Gasteiger partial charge in [0.05, 0.1) is 28.4 Å². The molecule has 4 heteroatoms. The number of benzene rings is 7. The first-order valence-corrected chi connectivity index (χ1v) is 15.2. The third-order valence-electron chi connectivity index (χ3n) is 8.71. The van der Waals surface area contributed by atoms with Crippen LogP contribution in [0.15, 0.2) is 133 Å². The molecular formula is C42H34O4. The number of methoxy groups -OCH3 is 4. The highest BCUT2D eigenvalue weighted by molar-refractivity contribution is 6.01. The van der Waals surface area contributed by atoms with Gasteiger partial charge in [-0.1, -0.05) is 109 Å². The fraction of sp³-hybridized carbons (Fsp3) is 0.0952. The largest absolute Gasteiger partial charge is 0.496 e. The van der Waals surface area contributed by atoms with E-state index in [4.69, 9.17) is 18.9 Å². The lowest BCUT2D eigenvalue weighted by Crippen LogP contribution is -1.98. The van der Waals surface area contributed by atoms with Crippen molar-refractivity contribution >= 4 is 21.5 Å². The summed E-state index contributed by atoms with van der Waals surface area (Å²) in [6, 6.07) is 46.0. The first-order chi connectivity index (χ1) is 22.6. The minimum absolute atomic E-state index is 0.745. The highest BCUT2D eigenvalue weighted by Gasteiger charge is 2.22. The number of fused-ring (bicyclic) bond motifs is 2. The van der Waals surface area contributed by atoms with Gasteiger partial charge in [0.2, 0.25) is 0 Å². The predicted molar refractivity (Wildman–Crippen MR) is 189 cm³/mol. The van der Waals surface area contributed by atoms with Crippen LogP contribution in [0.1, 0.15) is 0 Å². The van der Waals surface area contributed by atoms with Gasteiger partial charge < -0.3 is 18.9 Å². The Morgan fingerprint density at radius 2 is 0.565 bits per heavy atom. The second-order valence-corrected chi connectivity index (χ2v) is 11.1. The first-order valence-electron chi connectivity index (χ1n) is 15.2. The zero-order valence-electron chi connectivity index (χ0n) is 26.3. The third-order valence-corrected chi connectivity index (χ3v) is 8.71. The summed E-state index contributed by atoms with van der Waals surface area (Å²) in [5.41, 5.74) is 7.91. The SMILES string of the molecule is COc1cc(-c2cccc3ccccc23)c(OC)cc1-c1ccccc1-c1cc(OC)c(-c2cccc3ccccc23)cc1OC. The van der Waals surface area contributed by atoms with E-state index in [0.29, 0.717) is 0 Å². The third kappa shape index (κ3) is 4.98. The Balaban J connectivity index is 1.42. The molecule has 0 aliphatic heterocycles. The topological polar surface area (TPSA) is 36.9 Å². The van der Waals surface area contributed by atoms with E-state index in [1.54, 1.807) is 28.4 Å². The van der Waals surface area contributed by atoms with Gasteiger partial charge in [0.25, 0.3) is 0 Å². The van der Waals surface area contributed by atoms with Crippen LogP contribution < -0.4 is 18.9 Å². The normalized spacial score (nSPS) is 11.0. The van der Waals surface area contributed by atoms with E-state index in [1.165, 1.54) is 10.8 Å². The molecule has 226 valence electrons. The number of hydrogen-bond acceptors (Lipinski definition) is 4. The van der Waals surface area contributed by atoms with E-state index in [2.05, 4.69) is 121 Å². The Morgan fingerprint density at radius 1 is 0.283 bits per heavy atom. The van der Waals surface area contributed by atoms with Crippen LogP contribution in [0.25, 0.3) is 66.1 Å². The van der Waals surface area contributed by atoms with Crippen LogP contribution in [0.2, 0.25) is 0 Å². The van der Waals surface area contributed by atoms with Gasteiger partial charge in [0.1, 0.15) is 23.0 Å². The standard InChI is InChI=1S/C42H34O4/c1-43-39-25-37(41(45-3)23-35(39)31-21-11-15-27-13-5-7-17-29(27)31)33-19-9-10-20-34(33)38-26-40(44-2)36(24-42(38)46-4)32-22-12-16-28-14-6-8-18-30(28)32/h5-26H,1-4H3. The molecule has 0 N–H and O–H groups in total. The molecule has 0 radical (unpaired) electrons. The van der Waals surface area contributed by atoms with Crippen molar-refractivity contribution in [2.75, 3.05) is 28.4 Å². The molecule has 0 bridgehead atoms. The molecule has 0 atom stereocenters. The zero-order valence-corrected chi connectivity index (χ0v) is 26.3. The summed E-state index contributed by atoms with van der Waals surface area (Å²) in [4.78, 5) is 0. The van der Waals surface area contributed by atoms with Crippen molar-refractivity contribution in [2.24, 2.45) is 0 Å². The van der Waals surface area contributed by atoms with Gasteiger partial charge in [0.15, 0.2) is 0 Å². The average molecular weight is 603 g/mol. The van der Waals surface area contributed by atoms with Crippen LogP contribution in [-0.4, -0.2) is 28.4 Å². The van der Waals surface area contributed by atoms with Gasteiger partial charge >= 0.3 is 0 Å². The molecule has 7 rings (SSSR count). The Hall–Kier alpha value is -5.74. The molecule has 0 saturated heterocycles. The molecule has 46 heavy (non-hydrogen) atoms. The molecule has 0 amide bonds. The number of hydrogen-bond donors (Lipinski definition) is 0. The van der Waals surface area contributed by atoms with Gasteiger partial charge in [-0.2, -0.15) is 0 Å². The van der Waals surface area contributed by atoms with Crippen molar-refractivity contribution in [2.45, 2.75) is 0 Å². The zero-order chi connectivity index (χ0) is 31.6. The molecule has 0 aliphatic rings. The Bertz CT molecular complexity index is 2050. The maximum atomic E-state index is 6.07. The van der Waals surface area contributed by atoms with E-state index < -0.39 is 0 Å². The fourth-order valence-corrected chi connectivity index (χ4v) is 6.51. The Morgan fingerprint density at radius 3 is 0.935 bits per heavy atom. The van der Waals surface area contributed by atoms with Crippen molar-refractivity contribution in [1.82, 2.24) is 0 Å². The lowest BCUT2D eigenvalue weighted by atomic mass is 9.89. The summed E-state index contributed by atoms with van der Waals surface area (Å²) in [5, 5.41) is 4.65. The van der Waals surface area contributed by atoms with Gasteiger partial charge in [0, 0.05) is 22.3 Å². The lowest BCUT2D eigenvalue weighted by Gasteiger charge is -2.20. The highest BCUT2D eigenvalue weighted by atomic mass is 16.5. The predicted octanol–water partition coefficient (Wildman–Crippen LogP) is 10.7. The lowest BCUT2D eigenvalue weighted by molar-refractivity contribution is 0.405. The molecular weight excluding hydrogens is 568 g/mol. The second-order valence-electron chi connectivity index (χ2n) is 11.1. The molecule has 4 nitrogen and oxygen atoms in total. The number of ether oxygens (including phenoxy) is 4. The van der Waals surface area contributed by atoms with Crippen molar-refractivity contribution in [1.29, 1.82) is 0 Å². The van der Waals surface area contributed by atoms with Gasteiger partial charge in [-0.15, -0.1) is 0 Å². The van der Waals surface area contributed by atoms with Crippen molar-refractivity contribution in [3.05, 3.63) is 133 Å². The van der Waals surface area contributed by atoms with Crippen LogP contribution in [0.3, 0.4) is 0 Å². The molecule has 0 spiro atoms. The molecule has 7 aromatic rings. The van der Waals surface area contributed by atoms with Crippen LogP contribution in [0.4, 0.5) is 0 Å². The maximum Gasteiger partial charge on any atom is 0.127 e. The van der Waals surface area contributed by atoms with E-state index in [1.807, 2.05) is 12.1 Å². The first kappa shape index (κ1) is 29.0. The Labute approximate surface area is 269 Å². The summed E-state index contributed by atoms with van der Waals surface area (Å²) in [7, 11) is 6.85. The second kappa shape index (κ2) is 12.3. The molecule has 0 aromatic heterocycles. The van der Waals surface area contributed by atoms with Gasteiger partial charge in [-0.3, -0.25) is 0 Å². The minimum Gasteiger partial charge on any atom is -0.496 e. The van der Waals surface area contributed by atoms with Crippen LogP contribution >= 0.6 is 0 Å². The molecule has 0 unspecified atom stereocenters. The average Bonchev–Trinajstić information content (AvgIpc) is 3.13. The summed E-state index contributed by atoms with van der Waals surface area (Å²) < 4.78 is 24.2. The number of rotatable bonds is 8. The van der Waals surface area contributed by atoms with Crippen LogP contribution in [0.5, 0.6) is 23.0 Å². The summed E-state index contributed by atoms with van der Waals surface area (Å²) in [6.07, 6.45) is 0. The molecule has 0 fully saturated rings. The fourth-order valence-electron chi connectivity index (χ4n) is 6.51. The van der Waals surface area contributed by atoms with E-state index in [-0.39, 0.29) is 0 Å².